The zero-order chi connectivity index (χ0) is 15.3. The number of aromatic carboxylic acids is 1. The topological polar surface area (TPSA) is 83.5 Å². The van der Waals surface area contributed by atoms with Crippen LogP contribution in [0, 0.1) is 5.41 Å². The van der Waals surface area contributed by atoms with E-state index in [9.17, 15) is 13.2 Å². The molecule has 1 aliphatic rings. The first kappa shape index (κ1) is 15.6. The first-order chi connectivity index (χ1) is 9.04. The predicted octanol–water partition coefficient (Wildman–Crippen LogP) is 2.77. The fraction of sp³-hybridized carbons (Fsp3) is 0.417. The van der Waals surface area contributed by atoms with E-state index in [0.717, 1.165) is 18.6 Å². The van der Waals surface area contributed by atoms with Crippen molar-refractivity contribution in [1.29, 1.82) is 0 Å². The molecule has 0 aliphatic heterocycles. The number of benzene rings is 1. The summed E-state index contributed by atoms with van der Waals surface area (Å²) < 4.78 is 27.0. The van der Waals surface area contributed by atoms with E-state index < -0.39 is 16.0 Å². The zero-order valence-corrected chi connectivity index (χ0v) is 13.1. The molecule has 1 unspecified atom stereocenters. The average Bonchev–Trinajstić information content (AvgIpc) is 2.83. The van der Waals surface area contributed by atoms with Crippen LogP contribution in [-0.4, -0.2) is 25.5 Å². The Morgan fingerprint density at radius 3 is 2.35 bits per heavy atom. The number of hydrogen-bond donors (Lipinski definition) is 2. The van der Waals surface area contributed by atoms with Crippen molar-refractivity contribution in [3.8, 4) is 0 Å². The summed E-state index contributed by atoms with van der Waals surface area (Å²) in [5.74, 6) is -1.31. The number of halogens is 2. The van der Waals surface area contributed by atoms with E-state index in [1.807, 2.05) is 13.8 Å². The molecule has 5 nitrogen and oxygen atoms in total. The van der Waals surface area contributed by atoms with E-state index in [1.54, 1.807) is 0 Å². The van der Waals surface area contributed by atoms with Gasteiger partial charge in [-0.3, -0.25) is 0 Å². The highest BCUT2D eigenvalue weighted by Gasteiger charge is 2.48. The molecule has 1 aliphatic carbocycles. The molecule has 1 fully saturated rings. The molecule has 2 N–H and O–H groups in total. The number of carbonyl (C=O) groups is 1. The normalized spacial score (nSPS) is 20.7. The third-order valence-corrected chi connectivity index (χ3v) is 5.60. The maximum atomic E-state index is 12.2. The first-order valence-corrected chi connectivity index (χ1v) is 8.03. The molecule has 0 aromatic heterocycles. The summed E-state index contributed by atoms with van der Waals surface area (Å²) in [6.45, 7) is 3.87. The molecule has 8 heteroatoms. The van der Waals surface area contributed by atoms with Crippen LogP contribution in [0.1, 0.15) is 30.6 Å². The fourth-order valence-corrected chi connectivity index (χ4v) is 4.08. The molecular weight excluding hydrogens is 325 g/mol. The van der Waals surface area contributed by atoms with Crippen molar-refractivity contribution in [1.82, 2.24) is 4.72 Å². The molecule has 110 valence electrons. The second-order valence-electron chi connectivity index (χ2n) is 5.43. The standard InChI is InChI=1S/C12H13Cl2NO4S/c1-12(2)5-10(12)15-20(18,19)9-3-6(11(16)17)7(13)4-8(9)14/h3-4,10,15H,5H2,1-2H3,(H,16,17). The van der Waals surface area contributed by atoms with Crippen molar-refractivity contribution in [3.05, 3.63) is 27.7 Å². The Balaban J connectivity index is 2.41. The lowest BCUT2D eigenvalue weighted by molar-refractivity contribution is 0.0697. The minimum atomic E-state index is -3.88. The predicted molar refractivity (Wildman–Crippen MR) is 75.9 cm³/mol. The van der Waals surface area contributed by atoms with Gasteiger partial charge in [-0.2, -0.15) is 0 Å². The summed E-state index contributed by atoms with van der Waals surface area (Å²) in [5.41, 5.74) is -0.395. The van der Waals surface area contributed by atoms with Crippen molar-refractivity contribution < 1.29 is 18.3 Å². The van der Waals surface area contributed by atoms with Gasteiger partial charge in [0.05, 0.1) is 15.6 Å². The third-order valence-electron chi connectivity index (χ3n) is 3.35. The Bertz CT molecular complexity index is 685. The van der Waals surface area contributed by atoms with Gasteiger partial charge < -0.3 is 5.11 Å². The van der Waals surface area contributed by atoms with Gasteiger partial charge in [0.2, 0.25) is 10.0 Å². The molecule has 1 atom stereocenters. The van der Waals surface area contributed by atoms with Crippen LogP contribution in [0.25, 0.3) is 0 Å². The molecule has 0 heterocycles. The molecule has 0 amide bonds. The molecular formula is C12H13Cl2NO4S. The minimum Gasteiger partial charge on any atom is -0.478 e. The summed E-state index contributed by atoms with van der Waals surface area (Å²) in [7, 11) is -3.88. The smallest absolute Gasteiger partial charge is 0.337 e. The van der Waals surface area contributed by atoms with Crippen molar-refractivity contribution in [2.24, 2.45) is 5.41 Å². The van der Waals surface area contributed by atoms with Crippen LogP contribution >= 0.6 is 23.2 Å². The van der Waals surface area contributed by atoms with Gasteiger partial charge in [0.25, 0.3) is 0 Å². The molecule has 0 saturated heterocycles. The zero-order valence-electron chi connectivity index (χ0n) is 10.8. The largest absolute Gasteiger partial charge is 0.478 e. The van der Waals surface area contributed by atoms with Crippen molar-refractivity contribution >= 4 is 39.2 Å². The van der Waals surface area contributed by atoms with Crippen LogP contribution in [0.15, 0.2) is 17.0 Å². The lowest BCUT2D eigenvalue weighted by atomic mass is 10.2. The van der Waals surface area contributed by atoms with Crippen LogP contribution in [0.4, 0.5) is 0 Å². The second kappa shape index (κ2) is 4.87. The molecule has 1 saturated carbocycles. The van der Waals surface area contributed by atoms with Crippen molar-refractivity contribution in [2.45, 2.75) is 31.2 Å². The highest BCUT2D eigenvalue weighted by molar-refractivity contribution is 7.89. The van der Waals surface area contributed by atoms with Gasteiger partial charge >= 0.3 is 5.97 Å². The maximum Gasteiger partial charge on any atom is 0.337 e. The van der Waals surface area contributed by atoms with Gasteiger partial charge in [-0.1, -0.05) is 37.0 Å². The van der Waals surface area contributed by atoms with Crippen LogP contribution in [-0.2, 0) is 10.0 Å². The van der Waals surface area contributed by atoms with Gasteiger partial charge in [-0.25, -0.2) is 17.9 Å². The summed E-state index contributed by atoms with van der Waals surface area (Å²) in [4.78, 5) is 10.7. The Labute approximate surface area is 126 Å². The lowest BCUT2D eigenvalue weighted by Gasteiger charge is -2.11. The number of carboxylic acids is 1. The van der Waals surface area contributed by atoms with Crippen molar-refractivity contribution in [3.63, 3.8) is 0 Å². The maximum absolute atomic E-state index is 12.2. The van der Waals surface area contributed by atoms with Crippen molar-refractivity contribution in [2.75, 3.05) is 0 Å². The second-order valence-corrected chi connectivity index (χ2v) is 7.93. The van der Waals surface area contributed by atoms with E-state index in [4.69, 9.17) is 28.3 Å². The highest BCUT2D eigenvalue weighted by atomic mass is 35.5. The number of sulfonamides is 1. The molecule has 20 heavy (non-hydrogen) atoms. The number of hydrogen-bond acceptors (Lipinski definition) is 3. The van der Waals surface area contributed by atoms with E-state index >= 15 is 0 Å². The molecule has 0 radical (unpaired) electrons. The lowest BCUT2D eigenvalue weighted by Crippen LogP contribution is -2.29. The highest BCUT2D eigenvalue weighted by Crippen LogP contribution is 2.45. The monoisotopic (exact) mass is 337 g/mol. The molecule has 1 aromatic rings. The third kappa shape index (κ3) is 2.93. The summed E-state index contributed by atoms with van der Waals surface area (Å²) >= 11 is 11.6. The van der Waals surface area contributed by atoms with Gasteiger partial charge in [0.1, 0.15) is 4.90 Å². The van der Waals surface area contributed by atoms with Crippen LogP contribution in [0.5, 0.6) is 0 Å². The van der Waals surface area contributed by atoms with E-state index in [0.29, 0.717) is 0 Å². The summed E-state index contributed by atoms with van der Waals surface area (Å²) in [5, 5.41) is 8.77. The van der Waals surface area contributed by atoms with Crippen LogP contribution in [0.2, 0.25) is 10.0 Å². The number of carboxylic acid groups (broad SMARTS) is 1. The summed E-state index contributed by atoms with van der Waals surface area (Å²) in [6.07, 6.45) is 0.725. The van der Waals surface area contributed by atoms with Gasteiger partial charge in [0, 0.05) is 6.04 Å². The van der Waals surface area contributed by atoms with E-state index in [1.165, 1.54) is 0 Å². The van der Waals surface area contributed by atoms with Crippen LogP contribution in [0.3, 0.4) is 0 Å². The van der Waals surface area contributed by atoms with Gasteiger partial charge in [-0.15, -0.1) is 0 Å². The number of nitrogens with one attached hydrogen (secondary N) is 1. The Morgan fingerprint density at radius 2 is 1.90 bits per heavy atom. The Hall–Kier alpha value is -0.820. The number of rotatable bonds is 4. The van der Waals surface area contributed by atoms with Gasteiger partial charge in [-0.05, 0) is 24.0 Å². The first-order valence-electron chi connectivity index (χ1n) is 5.79. The minimum absolute atomic E-state index is 0.0956. The Kier molecular flexibility index (Phi) is 3.79. The van der Waals surface area contributed by atoms with E-state index in [-0.39, 0.29) is 32.0 Å². The quantitative estimate of drug-likeness (QED) is 0.884. The average molecular weight is 338 g/mol. The SMILES string of the molecule is CC1(C)CC1NS(=O)(=O)c1cc(C(=O)O)c(Cl)cc1Cl. The van der Waals surface area contributed by atoms with Gasteiger partial charge in [0.15, 0.2) is 0 Å². The molecule has 2 rings (SSSR count). The fourth-order valence-electron chi connectivity index (χ4n) is 1.82. The van der Waals surface area contributed by atoms with Crippen LogP contribution < -0.4 is 4.72 Å². The summed E-state index contributed by atoms with van der Waals surface area (Å²) in [6, 6.07) is 1.93. The molecule has 1 aromatic carbocycles. The van der Waals surface area contributed by atoms with E-state index in [2.05, 4.69) is 4.72 Å². The molecule has 0 bridgehead atoms. The Morgan fingerprint density at radius 1 is 1.35 bits per heavy atom. The molecule has 0 spiro atoms.